The molecule has 2 aromatic carbocycles. The molecular weight excluding hydrogens is 386 g/mol. The van der Waals surface area contributed by atoms with E-state index in [2.05, 4.69) is 0 Å². The maximum atomic E-state index is 12.9. The van der Waals surface area contributed by atoms with E-state index in [1.54, 1.807) is 30.3 Å². The maximum absolute atomic E-state index is 12.9. The van der Waals surface area contributed by atoms with Crippen LogP contribution in [0.5, 0.6) is 11.5 Å². The van der Waals surface area contributed by atoms with Crippen LogP contribution in [0.1, 0.15) is 29.7 Å². The summed E-state index contributed by atoms with van der Waals surface area (Å²) in [5.41, 5.74) is 1.96. The lowest BCUT2D eigenvalue weighted by atomic mass is 9.94. The lowest BCUT2D eigenvalue weighted by Gasteiger charge is -2.27. The maximum Gasteiger partial charge on any atom is 0.295 e. The molecular formula is C23H25NO6. The van der Waals surface area contributed by atoms with Gasteiger partial charge in [-0.15, -0.1) is 0 Å². The van der Waals surface area contributed by atoms with Crippen molar-refractivity contribution in [3.05, 3.63) is 64.7 Å². The van der Waals surface area contributed by atoms with Gasteiger partial charge >= 0.3 is 0 Å². The molecule has 0 saturated carbocycles. The molecule has 1 aliphatic rings. The number of benzene rings is 2. The van der Waals surface area contributed by atoms with Crippen LogP contribution in [-0.2, 0) is 9.59 Å². The molecule has 1 amide bonds. The third-order valence-electron chi connectivity index (χ3n) is 5.05. The second-order valence-electron chi connectivity index (χ2n) is 7.28. The van der Waals surface area contributed by atoms with E-state index < -0.39 is 23.8 Å². The Morgan fingerprint density at radius 3 is 2.27 bits per heavy atom. The topological polar surface area (TPSA) is 96.3 Å². The van der Waals surface area contributed by atoms with Crippen LogP contribution in [0.2, 0.25) is 0 Å². The highest BCUT2D eigenvalue weighted by Crippen LogP contribution is 2.42. The van der Waals surface area contributed by atoms with Crippen molar-refractivity contribution >= 4 is 17.4 Å². The van der Waals surface area contributed by atoms with Gasteiger partial charge in [-0.1, -0.05) is 35.9 Å². The average Bonchev–Trinajstić information content (AvgIpc) is 2.97. The highest BCUT2D eigenvalue weighted by Gasteiger charge is 2.46. The molecule has 0 aromatic heterocycles. The first-order chi connectivity index (χ1) is 14.3. The van der Waals surface area contributed by atoms with Crippen molar-refractivity contribution in [2.24, 2.45) is 0 Å². The van der Waals surface area contributed by atoms with Crippen molar-refractivity contribution in [3.8, 4) is 11.5 Å². The summed E-state index contributed by atoms with van der Waals surface area (Å²) in [6.45, 7) is 3.38. The molecule has 2 unspecified atom stereocenters. The summed E-state index contributed by atoms with van der Waals surface area (Å²) in [6, 6.07) is 11.2. The van der Waals surface area contributed by atoms with E-state index in [1.807, 2.05) is 19.1 Å². The number of likely N-dealkylation sites (tertiary alicyclic amines) is 1. The van der Waals surface area contributed by atoms with Crippen LogP contribution in [-0.4, -0.2) is 53.7 Å². The summed E-state index contributed by atoms with van der Waals surface area (Å²) >= 11 is 0. The molecule has 0 bridgehead atoms. The Balaban J connectivity index is 2.21. The van der Waals surface area contributed by atoms with Gasteiger partial charge in [0.2, 0.25) is 0 Å². The van der Waals surface area contributed by atoms with Crippen LogP contribution >= 0.6 is 0 Å². The highest BCUT2D eigenvalue weighted by atomic mass is 16.5. The molecule has 2 aromatic rings. The van der Waals surface area contributed by atoms with E-state index in [9.17, 15) is 19.8 Å². The lowest BCUT2D eigenvalue weighted by Crippen LogP contribution is -2.35. The largest absolute Gasteiger partial charge is 0.507 e. The van der Waals surface area contributed by atoms with Crippen LogP contribution in [0.3, 0.4) is 0 Å². The van der Waals surface area contributed by atoms with Crippen LogP contribution in [0, 0.1) is 6.92 Å². The zero-order valence-corrected chi connectivity index (χ0v) is 17.4. The van der Waals surface area contributed by atoms with Gasteiger partial charge in [-0.3, -0.25) is 9.59 Å². The number of carbonyl (C=O) groups excluding carboxylic acids is 2. The summed E-state index contributed by atoms with van der Waals surface area (Å²) in [4.78, 5) is 26.9. The minimum absolute atomic E-state index is 0.0308. The third kappa shape index (κ3) is 3.89. The predicted molar refractivity (Wildman–Crippen MR) is 111 cm³/mol. The number of carbonyl (C=O) groups is 2. The number of rotatable bonds is 6. The molecule has 158 valence electrons. The van der Waals surface area contributed by atoms with Crippen LogP contribution in [0.25, 0.3) is 5.76 Å². The molecule has 2 N–H and O–H groups in total. The van der Waals surface area contributed by atoms with Crippen LogP contribution < -0.4 is 9.47 Å². The van der Waals surface area contributed by atoms with Gasteiger partial charge in [0.05, 0.1) is 31.9 Å². The van der Waals surface area contributed by atoms with E-state index in [0.717, 1.165) is 5.56 Å². The monoisotopic (exact) mass is 411 g/mol. The number of nitrogens with zero attached hydrogens (tertiary/aromatic N) is 1. The Bertz CT molecular complexity index is 993. The first-order valence-electron chi connectivity index (χ1n) is 9.54. The molecule has 0 radical (unpaired) electrons. The highest BCUT2D eigenvalue weighted by molar-refractivity contribution is 6.46. The zero-order chi connectivity index (χ0) is 22.0. The van der Waals surface area contributed by atoms with E-state index in [-0.39, 0.29) is 17.9 Å². The number of aliphatic hydroxyl groups excluding tert-OH is 2. The SMILES string of the molecule is COc1ccc(C2/C(=C(\O)c3ccc(C)cc3)C(=O)C(=O)N2CC(C)O)cc1OC. The summed E-state index contributed by atoms with van der Waals surface area (Å²) in [6.07, 6.45) is -0.856. The van der Waals surface area contributed by atoms with Crippen molar-refractivity contribution in [1.82, 2.24) is 4.90 Å². The normalized spacial score (nSPS) is 19.1. The number of amides is 1. The smallest absolute Gasteiger partial charge is 0.295 e. The second-order valence-corrected chi connectivity index (χ2v) is 7.28. The third-order valence-corrected chi connectivity index (χ3v) is 5.05. The van der Waals surface area contributed by atoms with Crippen molar-refractivity contribution in [3.63, 3.8) is 0 Å². The van der Waals surface area contributed by atoms with E-state index in [1.165, 1.54) is 26.0 Å². The number of hydrogen-bond acceptors (Lipinski definition) is 6. The standard InChI is InChI=1S/C23H25NO6/c1-13-5-7-15(8-6-13)21(26)19-20(24(12-14(2)25)23(28)22(19)27)16-9-10-17(29-3)18(11-16)30-4/h5-11,14,20,25-26H,12H2,1-4H3/b21-19+. The Kier molecular flexibility index (Phi) is 6.12. The molecule has 7 heteroatoms. The van der Waals surface area contributed by atoms with E-state index in [4.69, 9.17) is 9.47 Å². The molecule has 7 nitrogen and oxygen atoms in total. The average molecular weight is 411 g/mol. The number of β-amino-alcohol motifs (C(OH)–C–C–N with tert-alkyl or cyclic N) is 1. The Morgan fingerprint density at radius 2 is 1.70 bits per heavy atom. The van der Waals surface area contributed by atoms with Gasteiger partial charge in [-0.2, -0.15) is 0 Å². The van der Waals surface area contributed by atoms with Crippen molar-refractivity contribution in [2.75, 3.05) is 20.8 Å². The van der Waals surface area contributed by atoms with Gasteiger partial charge < -0.3 is 24.6 Å². The fourth-order valence-corrected chi connectivity index (χ4v) is 3.59. The van der Waals surface area contributed by atoms with Crippen LogP contribution in [0.4, 0.5) is 0 Å². The number of aliphatic hydroxyl groups is 2. The van der Waals surface area contributed by atoms with Gasteiger partial charge in [-0.25, -0.2) is 0 Å². The Hall–Kier alpha value is -3.32. The molecule has 1 saturated heterocycles. The zero-order valence-electron chi connectivity index (χ0n) is 17.4. The molecule has 1 fully saturated rings. The van der Waals surface area contributed by atoms with Gasteiger partial charge in [0.25, 0.3) is 11.7 Å². The van der Waals surface area contributed by atoms with Crippen molar-refractivity contribution < 1.29 is 29.3 Å². The summed E-state index contributed by atoms with van der Waals surface area (Å²) in [5.74, 6) is -0.917. The van der Waals surface area contributed by atoms with Gasteiger partial charge in [0, 0.05) is 12.1 Å². The predicted octanol–water partition coefficient (Wildman–Crippen LogP) is 2.81. The molecule has 1 aliphatic heterocycles. The molecule has 30 heavy (non-hydrogen) atoms. The molecule has 0 aliphatic carbocycles. The molecule has 3 rings (SSSR count). The summed E-state index contributed by atoms with van der Waals surface area (Å²) in [7, 11) is 3.00. The quantitative estimate of drug-likeness (QED) is 0.431. The molecule has 1 heterocycles. The van der Waals surface area contributed by atoms with Gasteiger partial charge in [0.15, 0.2) is 11.5 Å². The minimum atomic E-state index is -0.874. The minimum Gasteiger partial charge on any atom is -0.507 e. The Morgan fingerprint density at radius 1 is 1.07 bits per heavy atom. The van der Waals surface area contributed by atoms with Crippen LogP contribution in [0.15, 0.2) is 48.0 Å². The van der Waals surface area contributed by atoms with Gasteiger partial charge in [0.1, 0.15) is 5.76 Å². The van der Waals surface area contributed by atoms with Crippen molar-refractivity contribution in [2.45, 2.75) is 26.0 Å². The number of ketones is 1. The number of aryl methyl sites for hydroxylation is 1. The first kappa shape index (κ1) is 21.4. The van der Waals surface area contributed by atoms with E-state index >= 15 is 0 Å². The fourth-order valence-electron chi connectivity index (χ4n) is 3.59. The Labute approximate surface area is 175 Å². The van der Waals surface area contributed by atoms with Crippen molar-refractivity contribution in [1.29, 1.82) is 0 Å². The molecule has 0 spiro atoms. The lowest BCUT2D eigenvalue weighted by molar-refractivity contribution is -0.140. The van der Waals surface area contributed by atoms with Gasteiger partial charge in [-0.05, 0) is 31.5 Å². The summed E-state index contributed by atoms with van der Waals surface area (Å²) in [5, 5.41) is 20.9. The second kappa shape index (κ2) is 8.59. The molecule has 2 atom stereocenters. The number of hydrogen-bond donors (Lipinski definition) is 2. The number of ether oxygens (including phenoxy) is 2. The first-order valence-corrected chi connectivity index (χ1v) is 9.54. The fraction of sp³-hybridized carbons (Fsp3) is 0.304. The number of methoxy groups -OCH3 is 2. The number of Topliss-reactive ketones (excluding diaryl/α,β-unsaturated/α-hetero) is 1. The van der Waals surface area contributed by atoms with E-state index in [0.29, 0.717) is 22.6 Å². The summed E-state index contributed by atoms with van der Waals surface area (Å²) < 4.78 is 10.6.